The Balaban J connectivity index is 3.34. The molecule has 0 bridgehead atoms. The van der Waals surface area contributed by atoms with Crippen LogP contribution >= 0.6 is 0 Å². The summed E-state index contributed by atoms with van der Waals surface area (Å²) in [6, 6.07) is 3.85. The minimum Gasteiger partial charge on any atom is -0.496 e. The van der Waals surface area contributed by atoms with Crippen molar-refractivity contribution in [2.75, 3.05) is 12.4 Å². The smallest absolute Gasteiger partial charge is 0.455 e. The van der Waals surface area contributed by atoms with Crippen molar-refractivity contribution >= 4 is 17.4 Å². The first kappa shape index (κ1) is 17.0. The first-order valence-corrected chi connectivity index (χ1v) is 6.08. The van der Waals surface area contributed by atoms with E-state index in [1.54, 1.807) is 20.8 Å². The summed E-state index contributed by atoms with van der Waals surface area (Å²) in [4.78, 5) is 23.5. The van der Waals surface area contributed by atoms with Crippen LogP contribution in [0.2, 0.25) is 0 Å². The second-order valence-corrected chi connectivity index (χ2v) is 5.41. The summed E-state index contributed by atoms with van der Waals surface area (Å²) >= 11 is 0. The van der Waals surface area contributed by atoms with E-state index in [0.717, 1.165) is 7.11 Å². The molecular weight excluding hydrogens is 287 g/mol. The summed E-state index contributed by atoms with van der Waals surface area (Å²) in [5.74, 6) is -2.82. The van der Waals surface area contributed by atoms with Crippen molar-refractivity contribution in [1.29, 1.82) is 0 Å². The molecule has 1 N–H and O–H groups in total. The van der Waals surface area contributed by atoms with E-state index in [9.17, 15) is 22.8 Å². The van der Waals surface area contributed by atoms with Crippen LogP contribution in [0.1, 0.15) is 31.1 Å². The van der Waals surface area contributed by atoms with Gasteiger partial charge in [-0.1, -0.05) is 26.8 Å². The van der Waals surface area contributed by atoms with Gasteiger partial charge in [0.2, 0.25) is 5.91 Å². The highest BCUT2D eigenvalue weighted by Gasteiger charge is 2.42. The van der Waals surface area contributed by atoms with E-state index < -0.39 is 28.8 Å². The number of carbonyl (C=O) groups excluding carboxylic acids is 2. The van der Waals surface area contributed by atoms with Crippen molar-refractivity contribution in [3.8, 4) is 5.75 Å². The molecule has 0 atom stereocenters. The Labute approximate surface area is 120 Å². The highest BCUT2D eigenvalue weighted by atomic mass is 19.4. The number of hydrogen-bond acceptors (Lipinski definition) is 3. The van der Waals surface area contributed by atoms with E-state index in [4.69, 9.17) is 4.74 Å². The molecule has 1 aromatic rings. The minimum absolute atomic E-state index is 0.225. The van der Waals surface area contributed by atoms with Crippen LogP contribution in [0, 0.1) is 5.41 Å². The van der Waals surface area contributed by atoms with Crippen molar-refractivity contribution in [2.24, 2.45) is 5.41 Å². The van der Waals surface area contributed by atoms with E-state index in [-0.39, 0.29) is 11.4 Å². The second-order valence-electron chi connectivity index (χ2n) is 5.41. The highest BCUT2D eigenvalue weighted by Crippen LogP contribution is 2.33. The van der Waals surface area contributed by atoms with E-state index in [2.05, 4.69) is 5.32 Å². The van der Waals surface area contributed by atoms with Gasteiger partial charge in [-0.3, -0.25) is 9.59 Å². The fourth-order valence-electron chi connectivity index (χ4n) is 1.49. The van der Waals surface area contributed by atoms with E-state index in [1.807, 2.05) is 0 Å². The Morgan fingerprint density at radius 3 is 2.14 bits per heavy atom. The summed E-state index contributed by atoms with van der Waals surface area (Å²) in [5, 5.41) is 2.34. The Morgan fingerprint density at radius 2 is 1.71 bits per heavy atom. The molecule has 0 aliphatic heterocycles. The van der Waals surface area contributed by atoms with Crippen molar-refractivity contribution < 1.29 is 27.5 Å². The van der Waals surface area contributed by atoms with E-state index in [1.165, 1.54) is 18.2 Å². The maximum Gasteiger partial charge on any atom is 0.455 e. The number of ketones is 1. The number of methoxy groups -OCH3 is 1. The molecule has 4 nitrogen and oxygen atoms in total. The van der Waals surface area contributed by atoms with Gasteiger partial charge in [0.1, 0.15) is 5.75 Å². The van der Waals surface area contributed by atoms with Crippen LogP contribution in [0.15, 0.2) is 18.2 Å². The average molecular weight is 303 g/mol. The Bertz CT molecular complexity index is 560. The first-order chi connectivity index (χ1) is 9.48. The highest BCUT2D eigenvalue weighted by molar-refractivity contribution is 6.10. The monoisotopic (exact) mass is 303 g/mol. The van der Waals surface area contributed by atoms with Crippen LogP contribution in [0.5, 0.6) is 5.75 Å². The number of hydrogen-bond donors (Lipinski definition) is 1. The van der Waals surface area contributed by atoms with Crippen LogP contribution in [0.4, 0.5) is 18.9 Å². The number of benzene rings is 1. The predicted octanol–water partition coefficient (Wildman–Crippen LogP) is 3.42. The molecule has 0 heterocycles. The standard InChI is InChI=1S/C14H16F3NO3/c1-13(2,3)12(20)18-8-6-5-7-9(21-4)10(8)11(19)14(15,16)17/h5-7H,1-4H3,(H,18,20). The second kappa shape index (κ2) is 5.75. The summed E-state index contributed by atoms with van der Waals surface area (Å²) in [6.45, 7) is 4.81. The van der Waals surface area contributed by atoms with Crippen LogP contribution in [-0.2, 0) is 4.79 Å². The van der Waals surface area contributed by atoms with E-state index >= 15 is 0 Å². The summed E-state index contributed by atoms with van der Waals surface area (Å²) < 4.78 is 42.9. The van der Waals surface area contributed by atoms with Crippen LogP contribution in [0.25, 0.3) is 0 Å². The molecule has 0 aliphatic carbocycles. The zero-order valence-electron chi connectivity index (χ0n) is 12.1. The SMILES string of the molecule is COc1cccc(NC(=O)C(C)(C)C)c1C(=O)C(F)(F)F. The van der Waals surface area contributed by atoms with E-state index in [0.29, 0.717) is 0 Å². The van der Waals surface area contributed by atoms with Gasteiger partial charge in [-0.25, -0.2) is 0 Å². The maximum absolute atomic E-state index is 12.7. The molecule has 0 radical (unpaired) electrons. The minimum atomic E-state index is -5.06. The molecule has 0 saturated heterocycles. The van der Waals surface area contributed by atoms with Gasteiger partial charge in [-0.15, -0.1) is 0 Å². The molecule has 0 unspecified atom stereocenters. The number of halogens is 3. The number of Topliss-reactive ketones (excluding diaryl/α,β-unsaturated/α-hetero) is 1. The molecule has 0 aliphatic rings. The number of rotatable bonds is 3. The van der Waals surface area contributed by atoms with Gasteiger partial charge in [0, 0.05) is 5.41 Å². The molecule has 0 spiro atoms. The molecule has 0 aromatic heterocycles. The Kier molecular flexibility index (Phi) is 4.65. The third-order valence-corrected chi connectivity index (χ3v) is 2.66. The van der Waals surface area contributed by atoms with Crippen LogP contribution in [-0.4, -0.2) is 25.0 Å². The van der Waals surface area contributed by atoms with Gasteiger partial charge >= 0.3 is 6.18 Å². The fraction of sp³-hybridized carbons (Fsp3) is 0.429. The lowest BCUT2D eigenvalue weighted by molar-refractivity contribution is -0.123. The zero-order valence-corrected chi connectivity index (χ0v) is 12.1. The molecule has 0 saturated carbocycles. The molecule has 7 heteroatoms. The number of carbonyl (C=O) groups is 2. The average Bonchev–Trinajstić information content (AvgIpc) is 2.35. The summed E-state index contributed by atoms with van der Waals surface area (Å²) in [7, 11) is 1.15. The van der Waals surface area contributed by atoms with Gasteiger partial charge < -0.3 is 10.1 Å². The Morgan fingerprint density at radius 1 is 1.14 bits per heavy atom. The molecule has 1 rings (SSSR count). The fourth-order valence-corrected chi connectivity index (χ4v) is 1.49. The summed E-state index contributed by atoms with van der Waals surface area (Å²) in [6.07, 6.45) is -5.06. The van der Waals surface area contributed by atoms with Gasteiger partial charge in [0.15, 0.2) is 0 Å². The largest absolute Gasteiger partial charge is 0.496 e. The molecule has 1 amide bonds. The lowest BCUT2D eigenvalue weighted by atomic mass is 9.95. The van der Waals surface area contributed by atoms with Crippen molar-refractivity contribution in [3.05, 3.63) is 23.8 Å². The molecule has 0 fully saturated rings. The van der Waals surface area contributed by atoms with Gasteiger partial charge in [-0.05, 0) is 12.1 Å². The molecule has 116 valence electrons. The number of anilines is 1. The normalized spacial score (nSPS) is 12.0. The van der Waals surface area contributed by atoms with Crippen LogP contribution in [0.3, 0.4) is 0 Å². The van der Waals surface area contributed by atoms with Crippen molar-refractivity contribution in [3.63, 3.8) is 0 Å². The quantitative estimate of drug-likeness (QED) is 0.870. The van der Waals surface area contributed by atoms with Gasteiger partial charge in [-0.2, -0.15) is 13.2 Å². The third kappa shape index (κ3) is 3.96. The molecule has 1 aromatic carbocycles. The first-order valence-electron chi connectivity index (χ1n) is 6.08. The van der Waals surface area contributed by atoms with Crippen LogP contribution < -0.4 is 10.1 Å². The lowest BCUT2D eigenvalue weighted by Gasteiger charge is -2.20. The number of nitrogens with one attached hydrogen (secondary N) is 1. The van der Waals surface area contributed by atoms with Gasteiger partial charge in [0.05, 0.1) is 18.4 Å². The number of alkyl halides is 3. The van der Waals surface area contributed by atoms with Crippen molar-refractivity contribution in [1.82, 2.24) is 0 Å². The van der Waals surface area contributed by atoms with Crippen molar-refractivity contribution in [2.45, 2.75) is 26.9 Å². The van der Waals surface area contributed by atoms with Gasteiger partial charge in [0.25, 0.3) is 5.78 Å². The molecular formula is C14H16F3NO3. The predicted molar refractivity (Wildman–Crippen MR) is 71.5 cm³/mol. The molecule has 21 heavy (non-hydrogen) atoms. The lowest BCUT2D eigenvalue weighted by Crippen LogP contribution is -2.30. The summed E-state index contributed by atoms with van der Waals surface area (Å²) in [5.41, 5.74) is -1.75. The maximum atomic E-state index is 12.7. The number of ether oxygens (including phenoxy) is 1. The Hall–Kier alpha value is -2.05. The zero-order chi connectivity index (χ0) is 16.4. The third-order valence-electron chi connectivity index (χ3n) is 2.66. The number of amides is 1. The topological polar surface area (TPSA) is 55.4 Å².